The summed E-state index contributed by atoms with van der Waals surface area (Å²) in [6.07, 6.45) is 3.19. The first-order chi connectivity index (χ1) is 4.25. The average molecular weight is 127 g/mol. The van der Waals surface area contributed by atoms with Crippen LogP contribution in [0.15, 0.2) is 0 Å². The lowest BCUT2D eigenvalue weighted by Gasteiger charge is -2.19. The van der Waals surface area contributed by atoms with E-state index >= 15 is 0 Å². The average Bonchev–Trinajstić information content (AvgIpc) is 2.66. The summed E-state index contributed by atoms with van der Waals surface area (Å²) in [5, 5.41) is 0. The predicted octanol–water partition coefficient (Wildman–Crippen LogP) is 0.670. The molecular weight excluding hydrogens is 114 g/mol. The van der Waals surface area contributed by atoms with E-state index in [4.69, 9.17) is 0 Å². The van der Waals surface area contributed by atoms with Crippen molar-refractivity contribution in [3.05, 3.63) is 0 Å². The van der Waals surface area contributed by atoms with Crippen LogP contribution in [0.3, 0.4) is 0 Å². The Labute approximate surface area is 55.8 Å². The van der Waals surface area contributed by atoms with Gasteiger partial charge >= 0.3 is 0 Å². The van der Waals surface area contributed by atoms with Crippen LogP contribution in [0.4, 0.5) is 0 Å². The Kier molecular flexibility index (Phi) is 1.58. The SMILES string of the molecule is CCN(C)C1(C=O)CC1. The van der Waals surface area contributed by atoms with E-state index in [0.29, 0.717) is 0 Å². The van der Waals surface area contributed by atoms with E-state index in [-0.39, 0.29) is 5.54 Å². The Morgan fingerprint density at radius 3 is 2.33 bits per heavy atom. The van der Waals surface area contributed by atoms with Gasteiger partial charge in [-0.3, -0.25) is 4.90 Å². The van der Waals surface area contributed by atoms with Crippen LogP contribution in [0.2, 0.25) is 0 Å². The molecule has 1 aliphatic carbocycles. The van der Waals surface area contributed by atoms with E-state index in [2.05, 4.69) is 11.8 Å². The van der Waals surface area contributed by atoms with Crippen LogP contribution in [0.5, 0.6) is 0 Å². The first kappa shape index (κ1) is 6.75. The molecule has 9 heavy (non-hydrogen) atoms. The van der Waals surface area contributed by atoms with Crippen LogP contribution >= 0.6 is 0 Å². The molecule has 52 valence electrons. The normalized spacial score (nSPS) is 22.1. The lowest BCUT2D eigenvalue weighted by Crippen LogP contribution is -2.34. The van der Waals surface area contributed by atoms with E-state index in [0.717, 1.165) is 25.7 Å². The molecule has 0 aromatic heterocycles. The minimum absolute atomic E-state index is 0.0469. The van der Waals surface area contributed by atoms with Crippen molar-refractivity contribution in [1.29, 1.82) is 0 Å². The van der Waals surface area contributed by atoms with Gasteiger partial charge in [-0.05, 0) is 26.4 Å². The molecule has 2 heteroatoms. The molecule has 0 heterocycles. The van der Waals surface area contributed by atoms with E-state index in [1.807, 2.05) is 7.05 Å². The first-order valence-corrected chi connectivity index (χ1v) is 3.43. The van der Waals surface area contributed by atoms with Gasteiger partial charge < -0.3 is 4.79 Å². The van der Waals surface area contributed by atoms with Gasteiger partial charge in [0.05, 0.1) is 5.54 Å². The number of aldehydes is 1. The molecule has 0 spiro atoms. The zero-order valence-electron chi connectivity index (χ0n) is 6.05. The molecule has 0 radical (unpaired) electrons. The van der Waals surface area contributed by atoms with Gasteiger partial charge in [-0.1, -0.05) is 6.92 Å². The molecule has 1 rings (SSSR count). The molecule has 0 N–H and O–H groups in total. The summed E-state index contributed by atoms with van der Waals surface area (Å²) in [5.41, 5.74) is -0.0469. The zero-order chi connectivity index (χ0) is 6.91. The topological polar surface area (TPSA) is 20.3 Å². The number of nitrogens with zero attached hydrogens (tertiary/aromatic N) is 1. The highest BCUT2D eigenvalue weighted by molar-refractivity contribution is 5.68. The summed E-state index contributed by atoms with van der Waals surface area (Å²) in [4.78, 5) is 12.6. The fourth-order valence-electron chi connectivity index (χ4n) is 1.03. The lowest BCUT2D eigenvalue weighted by molar-refractivity contribution is -0.113. The van der Waals surface area contributed by atoms with Crippen LogP contribution in [0.1, 0.15) is 19.8 Å². The third-order valence-corrected chi connectivity index (χ3v) is 2.22. The molecule has 0 amide bonds. The van der Waals surface area contributed by atoms with Crippen molar-refractivity contribution in [3.8, 4) is 0 Å². The highest BCUT2D eigenvalue weighted by Gasteiger charge is 2.45. The molecule has 0 aromatic rings. The van der Waals surface area contributed by atoms with Crippen molar-refractivity contribution in [3.63, 3.8) is 0 Å². The predicted molar refractivity (Wildman–Crippen MR) is 36.3 cm³/mol. The molecular formula is C7H13NO. The number of hydrogen-bond donors (Lipinski definition) is 0. The van der Waals surface area contributed by atoms with E-state index in [1.54, 1.807) is 0 Å². The molecule has 0 saturated heterocycles. The van der Waals surface area contributed by atoms with Crippen LogP contribution in [-0.2, 0) is 4.79 Å². The van der Waals surface area contributed by atoms with Crippen molar-refractivity contribution in [1.82, 2.24) is 4.90 Å². The Balaban J connectivity index is 2.48. The van der Waals surface area contributed by atoms with E-state index in [1.165, 1.54) is 0 Å². The van der Waals surface area contributed by atoms with Crippen molar-refractivity contribution < 1.29 is 4.79 Å². The van der Waals surface area contributed by atoms with Gasteiger partial charge in [-0.2, -0.15) is 0 Å². The molecule has 0 aromatic carbocycles. The quantitative estimate of drug-likeness (QED) is 0.519. The maximum absolute atomic E-state index is 10.4. The number of carbonyl (C=O) groups excluding carboxylic acids is 1. The van der Waals surface area contributed by atoms with Crippen LogP contribution in [-0.4, -0.2) is 30.3 Å². The van der Waals surface area contributed by atoms with Gasteiger partial charge in [0.15, 0.2) is 0 Å². The minimum atomic E-state index is -0.0469. The monoisotopic (exact) mass is 127 g/mol. The van der Waals surface area contributed by atoms with Crippen LogP contribution in [0.25, 0.3) is 0 Å². The summed E-state index contributed by atoms with van der Waals surface area (Å²) >= 11 is 0. The van der Waals surface area contributed by atoms with Crippen molar-refractivity contribution >= 4 is 6.29 Å². The molecule has 0 bridgehead atoms. The summed E-state index contributed by atoms with van der Waals surface area (Å²) in [7, 11) is 2.00. The Morgan fingerprint density at radius 1 is 1.67 bits per heavy atom. The maximum Gasteiger partial charge on any atom is 0.140 e. The van der Waals surface area contributed by atoms with Gasteiger partial charge in [0.1, 0.15) is 6.29 Å². The number of hydrogen-bond acceptors (Lipinski definition) is 2. The van der Waals surface area contributed by atoms with Crippen LogP contribution < -0.4 is 0 Å². The first-order valence-electron chi connectivity index (χ1n) is 3.43. The number of rotatable bonds is 3. The molecule has 1 aliphatic rings. The second-order valence-corrected chi connectivity index (χ2v) is 2.74. The summed E-state index contributed by atoms with van der Waals surface area (Å²) in [6, 6.07) is 0. The fourth-order valence-corrected chi connectivity index (χ4v) is 1.03. The maximum atomic E-state index is 10.4. The molecule has 0 aliphatic heterocycles. The smallest absolute Gasteiger partial charge is 0.140 e. The zero-order valence-corrected chi connectivity index (χ0v) is 6.05. The highest BCUT2D eigenvalue weighted by Crippen LogP contribution is 2.38. The van der Waals surface area contributed by atoms with Crippen molar-refractivity contribution in [2.75, 3.05) is 13.6 Å². The van der Waals surface area contributed by atoms with Gasteiger partial charge in [0, 0.05) is 0 Å². The van der Waals surface area contributed by atoms with Gasteiger partial charge in [0.25, 0.3) is 0 Å². The van der Waals surface area contributed by atoms with Gasteiger partial charge in [0.2, 0.25) is 0 Å². The minimum Gasteiger partial charge on any atom is -0.301 e. The fraction of sp³-hybridized carbons (Fsp3) is 0.857. The van der Waals surface area contributed by atoms with E-state index in [9.17, 15) is 4.79 Å². The van der Waals surface area contributed by atoms with Crippen molar-refractivity contribution in [2.45, 2.75) is 25.3 Å². The second kappa shape index (κ2) is 2.10. The Morgan fingerprint density at radius 2 is 2.22 bits per heavy atom. The molecule has 0 unspecified atom stereocenters. The lowest BCUT2D eigenvalue weighted by atomic mass is 10.3. The summed E-state index contributed by atoms with van der Waals surface area (Å²) in [5.74, 6) is 0. The van der Waals surface area contributed by atoms with Crippen molar-refractivity contribution in [2.24, 2.45) is 0 Å². The second-order valence-electron chi connectivity index (χ2n) is 2.74. The Bertz CT molecular complexity index is 118. The number of carbonyl (C=O) groups is 1. The van der Waals surface area contributed by atoms with Gasteiger partial charge in [-0.25, -0.2) is 0 Å². The van der Waals surface area contributed by atoms with E-state index < -0.39 is 0 Å². The van der Waals surface area contributed by atoms with Gasteiger partial charge in [-0.15, -0.1) is 0 Å². The number of likely N-dealkylation sites (N-methyl/N-ethyl adjacent to an activating group) is 1. The van der Waals surface area contributed by atoms with Crippen LogP contribution in [0, 0.1) is 0 Å². The Hall–Kier alpha value is -0.370. The summed E-state index contributed by atoms with van der Waals surface area (Å²) in [6.45, 7) is 3.04. The third kappa shape index (κ3) is 0.990. The standard InChI is InChI=1S/C7H13NO/c1-3-8(2)7(6-9)4-5-7/h6H,3-5H2,1-2H3. The summed E-state index contributed by atoms with van der Waals surface area (Å²) < 4.78 is 0. The molecule has 1 saturated carbocycles. The third-order valence-electron chi connectivity index (χ3n) is 2.22. The largest absolute Gasteiger partial charge is 0.301 e. The molecule has 2 nitrogen and oxygen atoms in total. The highest BCUT2D eigenvalue weighted by atomic mass is 16.1. The molecule has 1 fully saturated rings. The molecule has 0 atom stereocenters.